The van der Waals surface area contributed by atoms with Crippen LogP contribution < -0.4 is 10.2 Å². The van der Waals surface area contributed by atoms with Gasteiger partial charge in [-0.1, -0.05) is 12.1 Å². The van der Waals surface area contributed by atoms with Crippen molar-refractivity contribution in [2.75, 3.05) is 31.1 Å². The van der Waals surface area contributed by atoms with E-state index in [-0.39, 0.29) is 42.6 Å². The van der Waals surface area contributed by atoms with E-state index < -0.39 is 0 Å². The van der Waals surface area contributed by atoms with E-state index in [1.807, 2.05) is 23.1 Å². The first-order valence-electron chi connectivity index (χ1n) is 9.51. The molecule has 0 saturated carbocycles. The highest BCUT2D eigenvalue weighted by atomic mass is 35.5. The van der Waals surface area contributed by atoms with Crippen molar-refractivity contribution >= 4 is 36.5 Å². The smallest absolute Gasteiger partial charge is 0.256 e. The summed E-state index contributed by atoms with van der Waals surface area (Å²) in [6, 6.07) is 10.4. The van der Waals surface area contributed by atoms with Crippen LogP contribution in [0.15, 0.2) is 42.6 Å². The summed E-state index contributed by atoms with van der Waals surface area (Å²) < 4.78 is 13.7. The van der Waals surface area contributed by atoms with E-state index in [4.69, 9.17) is 0 Å². The van der Waals surface area contributed by atoms with Crippen molar-refractivity contribution in [1.82, 2.24) is 15.2 Å². The van der Waals surface area contributed by atoms with Crippen LogP contribution in [0, 0.1) is 5.82 Å². The van der Waals surface area contributed by atoms with E-state index in [0.29, 0.717) is 24.7 Å². The molecule has 2 aromatic rings. The molecule has 0 spiro atoms. The number of rotatable bonds is 5. The number of carbonyl (C=O) groups excluding carboxylic acids is 1. The number of carbonyl (C=O) groups is 1. The highest BCUT2D eigenvalue weighted by Crippen LogP contribution is 2.25. The molecule has 3 rings (SSSR count). The number of halogens is 3. The summed E-state index contributed by atoms with van der Waals surface area (Å²) in [7, 11) is 0. The SMILES string of the molecule is CCN(c1ccc(C(=O)N2CCNCC2c2cccc(F)c2)cn1)C(C)C.Cl.Cl. The van der Waals surface area contributed by atoms with Crippen LogP contribution in [0.5, 0.6) is 0 Å². The van der Waals surface area contributed by atoms with Crippen LogP contribution in [0.2, 0.25) is 0 Å². The Morgan fingerprint density at radius 1 is 1.31 bits per heavy atom. The van der Waals surface area contributed by atoms with Crippen LogP contribution in [-0.4, -0.2) is 48.0 Å². The van der Waals surface area contributed by atoms with Gasteiger partial charge in [-0.3, -0.25) is 4.79 Å². The third kappa shape index (κ3) is 5.81. The molecule has 29 heavy (non-hydrogen) atoms. The molecule has 1 saturated heterocycles. The number of pyridine rings is 1. The van der Waals surface area contributed by atoms with E-state index in [1.165, 1.54) is 12.1 Å². The second kappa shape index (κ2) is 11.3. The molecule has 1 amide bonds. The minimum atomic E-state index is -0.287. The van der Waals surface area contributed by atoms with Gasteiger partial charge >= 0.3 is 0 Å². The van der Waals surface area contributed by atoms with Crippen molar-refractivity contribution < 1.29 is 9.18 Å². The molecule has 2 heterocycles. The maximum absolute atomic E-state index is 13.7. The number of benzene rings is 1. The normalized spacial score (nSPS) is 16.0. The monoisotopic (exact) mass is 442 g/mol. The largest absolute Gasteiger partial charge is 0.354 e. The van der Waals surface area contributed by atoms with Gasteiger partial charge in [-0.25, -0.2) is 9.37 Å². The highest BCUT2D eigenvalue weighted by Gasteiger charge is 2.29. The van der Waals surface area contributed by atoms with Gasteiger partial charge < -0.3 is 15.1 Å². The second-order valence-electron chi connectivity index (χ2n) is 7.06. The average Bonchev–Trinajstić information content (AvgIpc) is 2.68. The van der Waals surface area contributed by atoms with E-state index in [2.05, 4.69) is 36.0 Å². The standard InChI is InChI=1S/C21H27FN4O.2ClH/c1-4-25(15(2)3)20-9-8-17(13-24-20)21(27)26-11-10-23-14-19(26)16-6-5-7-18(22)12-16;;/h5-9,12-13,15,19,23H,4,10-11,14H2,1-3H3;2*1H. The van der Waals surface area contributed by atoms with Gasteiger partial charge in [-0.05, 0) is 50.6 Å². The number of anilines is 1. The lowest BCUT2D eigenvalue weighted by atomic mass is 10.0. The maximum Gasteiger partial charge on any atom is 0.256 e. The third-order valence-electron chi connectivity index (χ3n) is 4.99. The molecule has 1 unspecified atom stereocenters. The van der Waals surface area contributed by atoms with Gasteiger partial charge in [0.2, 0.25) is 0 Å². The number of nitrogens with one attached hydrogen (secondary N) is 1. The molecule has 1 atom stereocenters. The van der Waals surface area contributed by atoms with Crippen LogP contribution in [0.25, 0.3) is 0 Å². The second-order valence-corrected chi connectivity index (χ2v) is 7.06. The van der Waals surface area contributed by atoms with Crippen molar-refractivity contribution in [3.63, 3.8) is 0 Å². The molecular formula is C21H29Cl2FN4O. The van der Waals surface area contributed by atoms with Crippen LogP contribution in [0.3, 0.4) is 0 Å². The first-order valence-corrected chi connectivity index (χ1v) is 9.51. The van der Waals surface area contributed by atoms with E-state index in [1.54, 1.807) is 12.3 Å². The first kappa shape index (κ1) is 25.1. The number of hydrogen-bond acceptors (Lipinski definition) is 4. The lowest BCUT2D eigenvalue weighted by molar-refractivity contribution is 0.0633. The summed E-state index contributed by atoms with van der Waals surface area (Å²) in [5.41, 5.74) is 1.36. The lowest BCUT2D eigenvalue weighted by Gasteiger charge is -2.36. The van der Waals surface area contributed by atoms with Crippen LogP contribution >= 0.6 is 24.8 Å². The Hall–Kier alpha value is -1.89. The number of piperazine rings is 1. The minimum absolute atomic E-state index is 0. The zero-order valence-electron chi connectivity index (χ0n) is 17.0. The fraction of sp³-hybridized carbons (Fsp3) is 0.429. The van der Waals surface area contributed by atoms with Crippen LogP contribution in [0.4, 0.5) is 10.2 Å². The quantitative estimate of drug-likeness (QED) is 0.757. The summed E-state index contributed by atoms with van der Waals surface area (Å²) in [5, 5.41) is 3.29. The molecular weight excluding hydrogens is 414 g/mol. The Balaban J connectivity index is 0.00000210. The molecule has 5 nitrogen and oxygen atoms in total. The molecule has 0 bridgehead atoms. The molecule has 1 aliphatic heterocycles. The van der Waals surface area contributed by atoms with Crippen molar-refractivity contribution in [2.45, 2.75) is 32.9 Å². The van der Waals surface area contributed by atoms with Crippen molar-refractivity contribution in [3.8, 4) is 0 Å². The van der Waals surface area contributed by atoms with Gasteiger partial charge in [-0.15, -0.1) is 24.8 Å². The molecule has 1 fully saturated rings. The van der Waals surface area contributed by atoms with Crippen molar-refractivity contribution in [1.29, 1.82) is 0 Å². The summed E-state index contributed by atoms with van der Waals surface area (Å²) in [6.45, 7) is 9.10. The molecule has 1 aromatic carbocycles. The van der Waals surface area contributed by atoms with Crippen molar-refractivity contribution in [2.24, 2.45) is 0 Å². The van der Waals surface area contributed by atoms with Gasteiger partial charge in [0.05, 0.1) is 11.6 Å². The summed E-state index contributed by atoms with van der Waals surface area (Å²) >= 11 is 0. The fourth-order valence-corrected chi connectivity index (χ4v) is 3.60. The highest BCUT2D eigenvalue weighted by molar-refractivity contribution is 5.94. The van der Waals surface area contributed by atoms with E-state index in [0.717, 1.165) is 24.5 Å². The maximum atomic E-state index is 13.7. The number of amides is 1. The predicted molar refractivity (Wildman–Crippen MR) is 120 cm³/mol. The summed E-state index contributed by atoms with van der Waals surface area (Å²) in [6.07, 6.45) is 1.65. The Bertz CT molecular complexity index is 789. The fourth-order valence-electron chi connectivity index (χ4n) is 3.60. The van der Waals surface area contributed by atoms with Gasteiger partial charge in [-0.2, -0.15) is 0 Å². The molecule has 1 N–H and O–H groups in total. The zero-order valence-corrected chi connectivity index (χ0v) is 18.6. The zero-order chi connectivity index (χ0) is 19.4. The van der Waals surface area contributed by atoms with Crippen LogP contribution in [0.1, 0.15) is 42.7 Å². The Labute approximate surface area is 184 Å². The van der Waals surface area contributed by atoms with E-state index >= 15 is 0 Å². The number of nitrogens with zero attached hydrogens (tertiary/aromatic N) is 3. The molecule has 160 valence electrons. The van der Waals surface area contributed by atoms with Crippen LogP contribution in [-0.2, 0) is 0 Å². The molecule has 0 radical (unpaired) electrons. The van der Waals surface area contributed by atoms with Gasteiger partial charge in [0.25, 0.3) is 5.91 Å². The van der Waals surface area contributed by atoms with Gasteiger partial charge in [0.15, 0.2) is 0 Å². The molecule has 1 aromatic heterocycles. The van der Waals surface area contributed by atoms with Crippen molar-refractivity contribution in [3.05, 3.63) is 59.5 Å². The third-order valence-corrected chi connectivity index (χ3v) is 4.99. The Morgan fingerprint density at radius 2 is 2.07 bits per heavy atom. The molecule has 8 heteroatoms. The topological polar surface area (TPSA) is 48.5 Å². The summed E-state index contributed by atoms with van der Waals surface area (Å²) in [5.74, 6) is 0.508. The predicted octanol–water partition coefficient (Wildman–Crippen LogP) is 4.09. The molecule has 1 aliphatic rings. The Morgan fingerprint density at radius 3 is 2.66 bits per heavy atom. The average molecular weight is 443 g/mol. The minimum Gasteiger partial charge on any atom is -0.354 e. The number of hydrogen-bond donors (Lipinski definition) is 1. The Kier molecular flexibility index (Phi) is 9.83. The first-order chi connectivity index (χ1) is 13.0. The summed E-state index contributed by atoms with van der Waals surface area (Å²) in [4.78, 5) is 21.6. The lowest BCUT2D eigenvalue weighted by Crippen LogP contribution is -2.48. The van der Waals surface area contributed by atoms with E-state index in [9.17, 15) is 9.18 Å². The molecule has 0 aliphatic carbocycles. The van der Waals surface area contributed by atoms with Gasteiger partial charge in [0, 0.05) is 38.4 Å². The number of aromatic nitrogens is 1. The van der Waals surface area contributed by atoms with Gasteiger partial charge in [0.1, 0.15) is 11.6 Å².